The van der Waals surface area contributed by atoms with Crippen LogP contribution in [0.15, 0.2) is 24.3 Å². The fourth-order valence-electron chi connectivity index (χ4n) is 2.48. The van der Waals surface area contributed by atoms with Crippen LogP contribution in [0.2, 0.25) is 0 Å². The SMILES string of the molecule is CN(C(=O)c1cccc(C#N)c1)C1CCCNCC1. The zero-order valence-corrected chi connectivity index (χ0v) is 11.2. The number of carbonyl (C=O) groups excluding carboxylic acids is 1. The van der Waals surface area contributed by atoms with Crippen molar-refractivity contribution in [3.05, 3.63) is 35.4 Å². The summed E-state index contributed by atoms with van der Waals surface area (Å²) in [4.78, 5) is 14.2. The molecule has 1 aromatic carbocycles. The number of hydrogen-bond donors (Lipinski definition) is 1. The van der Waals surface area contributed by atoms with Gasteiger partial charge < -0.3 is 10.2 Å². The molecule has 0 saturated carbocycles. The second kappa shape index (κ2) is 6.35. The van der Waals surface area contributed by atoms with Gasteiger partial charge in [0.05, 0.1) is 11.6 Å². The maximum Gasteiger partial charge on any atom is 0.253 e. The van der Waals surface area contributed by atoms with E-state index in [1.807, 2.05) is 11.9 Å². The minimum absolute atomic E-state index is 0.00370. The first-order chi connectivity index (χ1) is 9.22. The fourth-order valence-corrected chi connectivity index (χ4v) is 2.48. The molecule has 1 aliphatic rings. The van der Waals surface area contributed by atoms with E-state index >= 15 is 0 Å². The van der Waals surface area contributed by atoms with Gasteiger partial charge >= 0.3 is 0 Å². The molecule has 1 aliphatic heterocycles. The molecule has 1 unspecified atom stereocenters. The standard InChI is InChI=1S/C15H19N3O/c1-18(14-6-3-8-17-9-7-14)15(19)13-5-2-4-12(10-13)11-16/h2,4-5,10,14,17H,3,6-9H2,1H3. The minimum Gasteiger partial charge on any atom is -0.339 e. The van der Waals surface area contributed by atoms with Crippen LogP contribution in [0.1, 0.15) is 35.2 Å². The van der Waals surface area contributed by atoms with E-state index in [0.717, 1.165) is 32.4 Å². The summed E-state index contributed by atoms with van der Waals surface area (Å²) in [5.74, 6) is 0.00370. The number of hydrogen-bond acceptors (Lipinski definition) is 3. The summed E-state index contributed by atoms with van der Waals surface area (Å²) in [7, 11) is 1.86. The lowest BCUT2D eigenvalue weighted by molar-refractivity contribution is 0.0720. The van der Waals surface area contributed by atoms with E-state index in [0.29, 0.717) is 11.1 Å². The number of carbonyl (C=O) groups is 1. The van der Waals surface area contributed by atoms with Crippen LogP contribution in [0.4, 0.5) is 0 Å². The molecule has 1 amide bonds. The highest BCUT2D eigenvalue weighted by Crippen LogP contribution is 2.15. The third-order valence-corrected chi connectivity index (χ3v) is 3.65. The summed E-state index contributed by atoms with van der Waals surface area (Å²) in [5, 5.41) is 12.2. The Balaban J connectivity index is 2.11. The molecule has 1 fully saturated rings. The lowest BCUT2D eigenvalue weighted by atomic mass is 10.1. The lowest BCUT2D eigenvalue weighted by Gasteiger charge is -2.27. The Morgan fingerprint density at radius 2 is 2.26 bits per heavy atom. The Morgan fingerprint density at radius 3 is 3.05 bits per heavy atom. The van der Waals surface area contributed by atoms with Gasteiger partial charge in [-0.3, -0.25) is 4.79 Å². The molecule has 1 atom stereocenters. The molecule has 0 aliphatic carbocycles. The van der Waals surface area contributed by atoms with E-state index in [1.54, 1.807) is 24.3 Å². The maximum atomic E-state index is 12.4. The van der Waals surface area contributed by atoms with Crippen molar-refractivity contribution in [1.82, 2.24) is 10.2 Å². The van der Waals surface area contributed by atoms with Gasteiger partial charge in [0.15, 0.2) is 0 Å². The van der Waals surface area contributed by atoms with Gasteiger partial charge in [-0.1, -0.05) is 6.07 Å². The van der Waals surface area contributed by atoms with Crippen molar-refractivity contribution in [2.45, 2.75) is 25.3 Å². The van der Waals surface area contributed by atoms with Crippen LogP contribution in [-0.2, 0) is 0 Å². The number of nitrogens with one attached hydrogen (secondary N) is 1. The average Bonchev–Trinajstić information content (AvgIpc) is 2.75. The third kappa shape index (κ3) is 3.33. The van der Waals surface area contributed by atoms with Crippen molar-refractivity contribution < 1.29 is 4.79 Å². The molecule has 19 heavy (non-hydrogen) atoms. The molecular weight excluding hydrogens is 238 g/mol. The van der Waals surface area contributed by atoms with Crippen LogP contribution in [0.5, 0.6) is 0 Å². The monoisotopic (exact) mass is 257 g/mol. The van der Waals surface area contributed by atoms with Crippen LogP contribution >= 0.6 is 0 Å². The average molecular weight is 257 g/mol. The van der Waals surface area contributed by atoms with E-state index in [1.165, 1.54) is 0 Å². The Morgan fingerprint density at radius 1 is 1.42 bits per heavy atom. The van der Waals surface area contributed by atoms with Gasteiger partial charge in [-0.15, -0.1) is 0 Å². The highest BCUT2D eigenvalue weighted by Gasteiger charge is 2.22. The first-order valence-electron chi connectivity index (χ1n) is 6.70. The number of benzene rings is 1. The largest absolute Gasteiger partial charge is 0.339 e. The zero-order chi connectivity index (χ0) is 13.7. The zero-order valence-electron chi connectivity index (χ0n) is 11.2. The summed E-state index contributed by atoms with van der Waals surface area (Å²) in [6.07, 6.45) is 3.12. The predicted octanol–water partition coefficient (Wildman–Crippen LogP) is 1.77. The van der Waals surface area contributed by atoms with Gasteiger partial charge in [0.1, 0.15) is 0 Å². The van der Waals surface area contributed by atoms with E-state index in [9.17, 15) is 4.79 Å². The topological polar surface area (TPSA) is 56.1 Å². The third-order valence-electron chi connectivity index (χ3n) is 3.65. The second-order valence-electron chi connectivity index (χ2n) is 4.94. The summed E-state index contributed by atoms with van der Waals surface area (Å²) in [6.45, 7) is 1.99. The molecule has 0 radical (unpaired) electrons. The summed E-state index contributed by atoms with van der Waals surface area (Å²) in [6, 6.07) is 9.26. The van der Waals surface area contributed by atoms with Crippen LogP contribution in [-0.4, -0.2) is 37.0 Å². The predicted molar refractivity (Wildman–Crippen MR) is 73.8 cm³/mol. The fraction of sp³-hybridized carbons (Fsp3) is 0.467. The molecule has 2 rings (SSSR count). The van der Waals surface area contributed by atoms with Crippen molar-refractivity contribution in [2.24, 2.45) is 0 Å². The Bertz CT molecular complexity index is 484. The summed E-state index contributed by atoms with van der Waals surface area (Å²) in [5.41, 5.74) is 1.13. The van der Waals surface area contributed by atoms with Gasteiger partial charge in [-0.2, -0.15) is 5.26 Å². The second-order valence-corrected chi connectivity index (χ2v) is 4.94. The van der Waals surface area contributed by atoms with E-state index in [4.69, 9.17) is 5.26 Å². The first kappa shape index (κ1) is 13.6. The Labute approximate surface area is 114 Å². The van der Waals surface area contributed by atoms with E-state index < -0.39 is 0 Å². The molecule has 1 aromatic rings. The van der Waals surface area contributed by atoms with Crippen LogP contribution in [0.3, 0.4) is 0 Å². The highest BCUT2D eigenvalue weighted by atomic mass is 16.2. The molecule has 4 heteroatoms. The number of nitrogens with zero attached hydrogens (tertiary/aromatic N) is 2. The Kier molecular flexibility index (Phi) is 4.53. The number of amides is 1. The van der Waals surface area contributed by atoms with Gasteiger partial charge in [0, 0.05) is 18.7 Å². The van der Waals surface area contributed by atoms with Crippen LogP contribution in [0, 0.1) is 11.3 Å². The minimum atomic E-state index is 0.00370. The lowest BCUT2D eigenvalue weighted by Crippen LogP contribution is -2.37. The molecule has 4 nitrogen and oxygen atoms in total. The summed E-state index contributed by atoms with van der Waals surface area (Å²) < 4.78 is 0. The molecule has 100 valence electrons. The Hall–Kier alpha value is -1.86. The van der Waals surface area contributed by atoms with Crippen molar-refractivity contribution in [3.8, 4) is 6.07 Å². The number of rotatable bonds is 2. The normalized spacial score (nSPS) is 19.3. The first-order valence-corrected chi connectivity index (χ1v) is 6.70. The van der Waals surface area contributed by atoms with Gasteiger partial charge in [0.2, 0.25) is 0 Å². The van der Waals surface area contributed by atoms with E-state index in [-0.39, 0.29) is 11.9 Å². The van der Waals surface area contributed by atoms with Crippen LogP contribution < -0.4 is 5.32 Å². The highest BCUT2D eigenvalue weighted by molar-refractivity contribution is 5.94. The molecule has 0 bridgehead atoms. The molecule has 1 saturated heterocycles. The van der Waals surface area contributed by atoms with Crippen molar-refractivity contribution >= 4 is 5.91 Å². The molecular formula is C15H19N3O. The van der Waals surface area contributed by atoms with Gasteiger partial charge in [-0.25, -0.2) is 0 Å². The van der Waals surface area contributed by atoms with Gasteiger partial charge in [-0.05, 0) is 50.6 Å². The van der Waals surface area contributed by atoms with E-state index in [2.05, 4.69) is 11.4 Å². The number of nitriles is 1. The molecule has 1 heterocycles. The van der Waals surface area contributed by atoms with Crippen molar-refractivity contribution in [3.63, 3.8) is 0 Å². The summed E-state index contributed by atoms with van der Waals surface area (Å²) >= 11 is 0. The van der Waals surface area contributed by atoms with Crippen LogP contribution in [0.25, 0.3) is 0 Å². The molecule has 0 spiro atoms. The molecule has 1 N–H and O–H groups in total. The van der Waals surface area contributed by atoms with Crippen molar-refractivity contribution in [1.29, 1.82) is 5.26 Å². The van der Waals surface area contributed by atoms with Crippen molar-refractivity contribution in [2.75, 3.05) is 20.1 Å². The smallest absolute Gasteiger partial charge is 0.253 e. The maximum absolute atomic E-state index is 12.4. The van der Waals surface area contributed by atoms with Gasteiger partial charge in [0.25, 0.3) is 5.91 Å². The molecule has 0 aromatic heterocycles. The quantitative estimate of drug-likeness (QED) is 0.878.